The van der Waals surface area contributed by atoms with Crippen LogP contribution >= 0.6 is 0 Å². The van der Waals surface area contributed by atoms with Crippen LogP contribution in [-0.2, 0) is 17.8 Å². The Morgan fingerprint density at radius 3 is 2.39 bits per heavy atom. The Hall–Kier alpha value is -3.62. The molecule has 0 N–H and O–H groups in total. The molecule has 2 aromatic heterocycles. The van der Waals surface area contributed by atoms with Gasteiger partial charge in [-0.3, -0.25) is 9.36 Å². The number of imidazole rings is 1. The van der Waals surface area contributed by atoms with Gasteiger partial charge in [0.05, 0.1) is 14.2 Å². The minimum atomic E-state index is 0.0397. The monoisotopic (exact) mass is 448 g/mol. The van der Waals surface area contributed by atoms with Crippen LogP contribution in [0.5, 0.6) is 11.5 Å². The number of aromatic nitrogens is 4. The maximum absolute atomic E-state index is 13.3. The van der Waals surface area contributed by atoms with Gasteiger partial charge in [0.15, 0.2) is 11.5 Å². The van der Waals surface area contributed by atoms with Crippen LogP contribution in [0.25, 0.3) is 5.82 Å². The normalized spacial score (nSPS) is 16.4. The summed E-state index contributed by atoms with van der Waals surface area (Å²) in [7, 11) is 3.29. The van der Waals surface area contributed by atoms with Crippen molar-refractivity contribution in [3.63, 3.8) is 0 Å². The van der Waals surface area contributed by atoms with Crippen molar-refractivity contribution in [2.45, 2.75) is 25.8 Å². The Labute approximate surface area is 193 Å². The van der Waals surface area contributed by atoms with Gasteiger partial charge in [0.1, 0.15) is 24.3 Å². The summed E-state index contributed by atoms with van der Waals surface area (Å²) < 4.78 is 12.7. The average molecular weight is 449 g/mol. The second-order valence-electron chi connectivity index (χ2n) is 8.45. The highest BCUT2D eigenvalue weighted by Crippen LogP contribution is 2.34. The second-order valence-corrected chi connectivity index (χ2v) is 8.45. The standard InChI is InChI=1S/C24H28N6O3/c1-32-20-11-18-5-9-29(14-19(18)12-21(20)33-2)24(31)17-3-7-28(8-4-17)22-13-23(27-15-26-22)30-10-6-25-16-30/h6,10-13,15-17H,3-5,7-9,14H2,1-2H3. The van der Waals surface area contributed by atoms with Crippen LogP contribution in [0.1, 0.15) is 24.0 Å². The van der Waals surface area contributed by atoms with E-state index in [0.717, 1.165) is 61.8 Å². The lowest BCUT2D eigenvalue weighted by Crippen LogP contribution is -2.44. The van der Waals surface area contributed by atoms with E-state index in [2.05, 4.69) is 19.9 Å². The molecule has 9 nitrogen and oxygen atoms in total. The lowest BCUT2D eigenvalue weighted by Gasteiger charge is -2.36. The molecular formula is C24H28N6O3. The van der Waals surface area contributed by atoms with Crippen molar-refractivity contribution >= 4 is 11.7 Å². The molecule has 0 aliphatic carbocycles. The number of ether oxygens (including phenoxy) is 2. The molecule has 9 heteroatoms. The minimum Gasteiger partial charge on any atom is -0.493 e. The zero-order chi connectivity index (χ0) is 22.8. The van der Waals surface area contributed by atoms with Gasteiger partial charge in [0.2, 0.25) is 5.91 Å². The van der Waals surface area contributed by atoms with Crippen LogP contribution in [0.2, 0.25) is 0 Å². The summed E-state index contributed by atoms with van der Waals surface area (Å²) in [5.41, 5.74) is 2.36. The highest BCUT2D eigenvalue weighted by Gasteiger charge is 2.31. The zero-order valence-corrected chi connectivity index (χ0v) is 19.0. The molecule has 0 atom stereocenters. The van der Waals surface area contributed by atoms with Crippen molar-refractivity contribution in [2.75, 3.05) is 38.8 Å². The molecule has 0 radical (unpaired) electrons. The fourth-order valence-corrected chi connectivity index (χ4v) is 4.73. The summed E-state index contributed by atoms with van der Waals surface area (Å²) in [6, 6.07) is 6.00. The van der Waals surface area contributed by atoms with Gasteiger partial charge in [-0.25, -0.2) is 15.0 Å². The molecular weight excluding hydrogens is 420 g/mol. The molecule has 1 fully saturated rings. The number of methoxy groups -OCH3 is 2. The first-order valence-electron chi connectivity index (χ1n) is 11.2. The van der Waals surface area contributed by atoms with Gasteiger partial charge in [0.25, 0.3) is 0 Å². The van der Waals surface area contributed by atoms with Crippen LogP contribution in [0.15, 0.2) is 43.2 Å². The van der Waals surface area contributed by atoms with Crippen LogP contribution in [0.3, 0.4) is 0 Å². The van der Waals surface area contributed by atoms with Gasteiger partial charge in [0, 0.05) is 50.6 Å². The Morgan fingerprint density at radius 1 is 0.970 bits per heavy atom. The molecule has 1 saturated heterocycles. The predicted molar refractivity (Wildman–Crippen MR) is 123 cm³/mol. The Bertz CT molecular complexity index is 1130. The first kappa shape index (κ1) is 21.2. The van der Waals surface area contributed by atoms with Crippen LogP contribution < -0.4 is 14.4 Å². The largest absolute Gasteiger partial charge is 0.493 e. The molecule has 0 spiro atoms. The maximum atomic E-state index is 13.3. The van der Waals surface area contributed by atoms with Gasteiger partial charge < -0.3 is 19.3 Å². The number of fused-ring (bicyclic) bond motifs is 1. The van der Waals surface area contributed by atoms with E-state index in [4.69, 9.17) is 9.47 Å². The van der Waals surface area contributed by atoms with E-state index < -0.39 is 0 Å². The van der Waals surface area contributed by atoms with E-state index in [1.165, 1.54) is 5.56 Å². The lowest BCUT2D eigenvalue weighted by atomic mass is 9.92. The predicted octanol–water partition coefficient (Wildman–Crippen LogP) is 2.48. The molecule has 0 bridgehead atoms. The molecule has 2 aliphatic rings. The van der Waals surface area contributed by atoms with E-state index in [9.17, 15) is 4.79 Å². The van der Waals surface area contributed by atoms with Crippen LogP contribution in [0.4, 0.5) is 5.82 Å². The number of hydrogen-bond donors (Lipinski definition) is 0. The van der Waals surface area contributed by atoms with Crippen molar-refractivity contribution in [1.82, 2.24) is 24.4 Å². The summed E-state index contributed by atoms with van der Waals surface area (Å²) in [4.78, 5) is 30.4. The topological polar surface area (TPSA) is 85.6 Å². The molecule has 33 heavy (non-hydrogen) atoms. The van der Waals surface area contributed by atoms with Crippen molar-refractivity contribution in [3.8, 4) is 17.3 Å². The summed E-state index contributed by atoms with van der Waals surface area (Å²) >= 11 is 0. The Morgan fingerprint density at radius 2 is 1.70 bits per heavy atom. The van der Waals surface area contributed by atoms with E-state index in [0.29, 0.717) is 12.3 Å². The fraction of sp³-hybridized carbons (Fsp3) is 0.417. The van der Waals surface area contributed by atoms with Gasteiger partial charge in [-0.1, -0.05) is 0 Å². The van der Waals surface area contributed by atoms with Crippen molar-refractivity contribution in [2.24, 2.45) is 5.92 Å². The number of carbonyl (C=O) groups is 1. The number of hydrogen-bond acceptors (Lipinski definition) is 7. The number of carbonyl (C=O) groups excluding carboxylic acids is 1. The van der Waals surface area contributed by atoms with Crippen molar-refractivity contribution in [3.05, 3.63) is 54.4 Å². The first-order chi connectivity index (χ1) is 16.2. The van der Waals surface area contributed by atoms with E-state index in [1.54, 1.807) is 33.1 Å². The van der Waals surface area contributed by atoms with Gasteiger partial charge in [-0.05, 0) is 42.5 Å². The second kappa shape index (κ2) is 9.09. The Kier molecular flexibility index (Phi) is 5.85. The third-order valence-corrected chi connectivity index (χ3v) is 6.61. The van der Waals surface area contributed by atoms with E-state index >= 15 is 0 Å². The number of piperidine rings is 1. The van der Waals surface area contributed by atoms with Crippen LogP contribution in [0, 0.1) is 5.92 Å². The molecule has 3 aromatic rings. The first-order valence-corrected chi connectivity index (χ1v) is 11.2. The molecule has 2 aliphatic heterocycles. The van der Waals surface area contributed by atoms with Gasteiger partial charge in [-0.15, -0.1) is 0 Å². The fourth-order valence-electron chi connectivity index (χ4n) is 4.73. The molecule has 0 unspecified atom stereocenters. The number of anilines is 1. The molecule has 1 aromatic carbocycles. The number of amides is 1. The molecule has 172 valence electrons. The third kappa shape index (κ3) is 4.22. The van der Waals surface area contributed by atoms with E-state index in [-0.39, 0.29) is 11.8 Å². The number of nitrogens with zero attached hydrogens (tertiary/aromatic N) is 6. The molecule has 4 heterocycles. The van der Waals surface area contributed by atoms with Gasteiger partial charge in [-0.2, -0.15) is 0 Å². The van der Waals surface area contributed by atoms with Crippen molar-refractivity contribution in [1.29, 1.82) is 0 Å². The maximum Gasteiger partial charge on any atom is 0.226 e. The number of benzene rings is 1. The Balaban J connectivity index is 1.22. The van der Waals surface area contributed by atoms with E-state index in [1.807, 2.05) is 33.9 Å². The lowest BCUT2D eigenvalue weighted by molar-refractivity contribution is -0.137. The molecule has 5 rings (SSSR count). The summed E-state index contributed by atoms with van der Waals surface area (Å²) in [5.74, 6) is 3.40. The quantitative estimate of drug-likeness (QED) is 0.593. The van der Waals surface area contributed by atoms with Crippen LogP contribution in [-0.4, -0.2) is 64.2 Å². The average Bonchev–Trinajstić information content (AvgIpc) is 3.42. The summed E-state index contributed by atoms with van der Waals surface area (Å²) in [6.07, 6.45) is 9.36. The minimum absolute atomic E-state index is 0.0397. The zero-order valence-electron chi connectivity index (χ0n) is 19.0. The van der Waals surface area contributed by atoms with Gasteiger partial charge >= 0.3 is 0 Å². The summed E-state index contributed by atoms with van der Waals surface area (Å²) in [5, 5.41) is 0. The summed E-state index contributed by atoms with van der Waals surface area (Å²) in [6.45, 7) is 2.95. The van der Waals surface area contributed by atoms with Crippen molar-refractivity contribution < 1.29 is 14.3 Å². The smallest absolute Gasteiger partial charge is 0.226 e. The third-order valence-electron chi connectivity index (χ3n) is 6.61. The highest BCUT2D eigenvalue weighted by molar-refractivity contribution is 5.79. The highest BCUT2D eigenvalue weighted by atomic mass is 16.5. The number of rotatable bonds is 5. The SMILES string of the molecule is COc1cc2c(cc1OC)CN(C(=O)C1CCN(c3cc(-n4ccnc4)ncn3)CC1)CC2. The molecule has 0 saturated carbocycles. The molecule has 1 amide bonds.